The molecule has 8 nitrogen and oxygen atoms in total. The van der Waals surface area contributed by atoms with Gasteiger partial charge >= 0.3 is 5.97 Å². The van der Waals surface area contributed by atoms with Gasteiger partial charge in [0.25, 0.3) is 0 Å². The lowest BCUT2D eigenvalue weighted by Gasteiger charge is -2.40. The van der Waals surface area contributed by atoms with Crippen molar-refractivity contribution in [3.05, 3.63) is 76.6 Å². The van der Waals surface area contributed by atoms with E-state index in [0.29, 0.717) is 42.5 Å². The van der Waals surface area contributed by atoms with Crippen molar-refractivity contribution in [2.24, 2.45) is 11.3 Å². The molecule has 3 heterocycles. The van der Waals surface area contributed by atoms with Crippen LogP contribution in [0.15, 0.2) is 54.7 Å². The minimum Gasteiger partial charge on any atom is -0.493 e. The maximum absolute atomic E-state index is 14.1. The number of carbonyl (C=O) groups is 2. The smallest absolute Gasteiger partial charge is 0.303 e. The SMILES string of the molecule is COc1cccc([C@H]2O[C@H](C(C)(C)C(=O)N3CCC(CC(=O)O)CC3)c3cccn3-c3ccc(Cl)cc32)c1OC. The van der Waals surface area contributed by atoms with Gasteiger partial charge in [0.05, 0.1) is 31.0 Å². The number of fused-ring (bicyclic) bond motifs is 3. The van der Waals surface area contributed by atoms with Crippen LogP contribution in [-0.2, 0) is 14.3 Å². The van der Waals surface area contributed by atoms with Gasteiger partial charge in [0.2, 0.25) is 5.91 Å². The van der Waals surface area contributed by atoms with Crippen molar-refractivity contribution in [2.45, 2.75) is 45.3 Å². The van der Waals surface area contributed by atoms with Gasteiger partial charge < -0.3 is 28.8 Å². The number of hydrogen-bond acceptors (Lipinski definition) is 5. The number of halogens is 1. The zero-order valence-electron chi connectivity index (χ0n) is 23.2. The van der Waals surface area contributed by atoms with Crippen LogP contribution in [0, 0.1) is 11.3 Å². The van der Waals surface area contributed by atoms with Gasteiger partial charge in [-0.3, -0.25) is 9.59 Å². The van der Waals surface area contributed by atoms with Crippen molar-refractivity contribution >= 4 is 23.5 Å². The molecule has 0 saturated carbocycles. The fraction of sp³-hybridized carbons (Fsp3) is 0.419. The monoisotopic (exact) mass is 566 g/mol. The lowest BCUT2D eigenvalue weighted by molar-refractivity contribution is -0.155. The molecule has 0 bridgehead atoms. The molecule has 2 aromatic carbocycles. The molecule has 0 spiro atoms. The molecule has 2 aliphatic rings. The Morgan fingerprint density at radius 2 is 1.80 bits per heavy atom. The quantitative estimate of drug-likeness (QED) is 0.374. The number of nitrogens with zero attached hydrogens (tertiary/aromatic N) is 2. The second-order valence-corrected chi connectivity index (χ2v) is 11.5. The standard InChI is InChI=1S/C31H35ClN2O6/c1-31(2,30(37)33-15-12-19(13-16-33)17-26(35)36)29-24-8-6-14-34(24)23-11-10-20(32)18-22(23)27(40-29)21-7-5-9-25(38-3)28(21)39-4/h5-11,14,18-19,27,29H,12-13,15-17H2,1-4H3,(H,35,36)/t27-,29+/m1/s1. The van der Waals surface area contributed by atoms with Crippen LogP contribution in [0.25, 0.3) is 5.69 Å². The highest BCUT2D eigenvalue weighted by Gasteiger charge is 2.46. The molecule has 1 saturated heterocycles. The number of piperidine rings is 1. The maximum atomic E-state index is 14.1. The molecule has 3 aromatic rings. The number of amides is 1. The first-order chi connectivity index (χ1) is 19.1. The highest BCUT2D eigenvalue weighted by Crippen LogP contribution is 2.50. The normalized spacial score (nSPS) is 19.4. The van der Waals surface area contributed by atoms with E-state index in [-0.39, 0.29) is 18.2 Å². The molecule has 0 unspecified atom stereocenters. The number of aliphatic carboxylic acids is 1. The average molecular weight is 567 g/mol. The highest BCUT2D eigenvalue weighted by molar-refractivity contribution is 6.30. The molecular weight excluding hydrogens is 532 g/mol. The van der Waals surface area contributed by atoms with Gasteiger partial charge in [0, 0.05) is 41.9 Å². The number of para-hydroxylation sites is 1. The van der Waals surface area contributed by atoms with E-state index in [1.165, 1.54) is 0 Å². The zero-order valence-corrected chi connectivity index (χ0v) is 24.0. The summed E-state index contributed by atoms with van der Waals surface area (Å²) in [6.07, 6.45) is 2.21. The summed E-state index contributed by atoms with van der Waals surface area (Å²) in [5.74, 6) is 0.388. The Morgan fingerprint density at radius 3 is 2.48 bits per heavy atom. The number of carboxylic acid groups (broad SMARTS) is 1. The van der Waals surface area contributed by atoms with Crippen LogP contribution < -0.4 is 9.47 Å². The summed E-state index contributed by atoms with van der Waals surface area (Å²) in [6.45, 7) is 4.89. The molecule has 212 valence electrons. The van der Waals surface area contributed by atoms with Crippen molar-refractivity contribution in [1.82, 2.24) is 9.47 Å². The van der Waals surface area contributed by atoms with Crippen LogP contribution >= 0.6 is 11.6 Å². The summed E-state index contributed by atoms with van der Waals surface area (Å²) < 4.78 is 20.5. The van der Waals surface area contributed by atoms with Crippen molar-refractivity contribution in [2.75, 3.05) is 27.3 Å². The van der Waals surface area contributed by atoms with Gasteiger partial charge in [-0.2, -0.15) is 0 Å². The predicted molar refractivity (Wildman–Crippen MR) is 151 cm³/mol. The van der Waals surface area contributed by atoms with Gasteiger partial charge in [-0.25, -0.2) is 0 Å². The summed E-state index contributed by atoms with van der Waals surface area (Å²) in [4.78, 5) is 27.2. The molecule has 0 aliphatic carbocycles. The predicted octanol–water partition coefficient (Wildman–Crippen LogP) is 6.05. The summed E-state index contributed by atoms with van der Waals surface area (Å²) >= 11 is 6.52. The Hall–Kier alpha value is -3.49. The minimum absolute atomic E-state index is 0.0284. The number of carboxylic acids is 1. The van der Waals surface area contributed by atoms with E-state index in [2.05, 4.69) is 4.57 Å². The number of benzene rings is 2. The molecular formula is C31H35ClN2O6. The van der Waals surface area contributed by atoms with E-state index in [0.717, 1.165) is 22.5 Å². The lowest BCUT2D eigenvalue weighted by atomic mass is 9.81. The van der Waals surface area contributed by atoms with Gasteiger partial charge in [-0.1, -0.05) is 23.7 Å². The summed E-state index contributed by atoms with van der Waals surface area (Å²) in [5, 5.41) is 9.77. The first kappa shape index (κ1) is 28.1. The lowest BCUT2D eigenvalue weighted by Crippen LogP contribution is -2.48. The van der Waals surface area contributed by atoms with Crippen LogP contribution in [0.1, 0.15) is 62.1 Å². The second-order valence-electron chi connectivity index (χ2n) is 11.0. The molecule has 1 N–H and O–H groups in total. The highest BCUT2D eigenvalue weighted by atomic mass is 35.5. The van der Waals surface area contributed by atoms with Crippen LogP contribution in [0.5, 0.6) is 11.5 Å². The number of methoxy groups -OCH3 is 2. The van der Waals surface area contributed by atoms with Gasteiger partial charge in [0.1, 0.15) is 12.2 Å². The van der Waals surface area contributed by atoms with E-state index < -0.39 is 23.6 Å². The summed E-state index contributed by atoms with van der Waals surface area (Å²) in [5.41, 5.74) is 2.41. The number of ether oxygens (including phenoxy) is 3. The van der Waals surface area contributed by atoms with Crippen molar-refractivity contribution in [3.63, 3.8) is 0 Å². The van der Waals surface area contributed by atoms with Crippen molar-refractivity contribution in [1.29, 1.82) is 0 Å². The van der Waals surface area contributed by atoms with E-state index >= 15 is 0 Å². The van der Waals surface area contributed by atoms with Gasteiger partial charge in [0.15, 0.2) is 11.5 Å². The summed E-state index contributed by atoms with van der Waals surface area (Å²) in [6, 6.07) is 15.3. The van der Waals surface area contributed by atoms with Crippen LogP contribution in [0.4, 0.5) is 0 Å². The Bertz CT molecular complexity index is 1410. The molecule has 40 heavy (non-hydrogen) atoms. The molecule has 1 fully saturated rings. The van der Waals surface area contributed by atoms with Crippen LogP contribution in [0.2, 0.25) is 5.02 Å². The molecule has 9 heteroatoms. The average Bonchev–Trinajstić information content (AvgIpc) is 3.37. The minimum atomic E-state index is -0.952. The Labute approximate surface area is 239 Å². The van der Waals surface area contributed by atoms with Crippen LogP contribution in [-0.4, -0.2) is 53.8 Å². The third-order valence-corrected chi connectivity index (χ3v) is 8.38. The van der Waals surface area contributed by atoms with Crippen molar-refractivity contribution < 1.29 is 28.9 Å². The van der Waals surface area contributed by atoms with E-state index in [4.69, 9.17) is 25.8 Å². The first-order valence-electron chi connectivity index (χ1n) is 13.5. The third kappa shape index (κ3) is 5.06. The number of aromatic nitrogens is 1. The fourth-order valence-corrected chi connectivity index (χ4v) is 6.25. The molecule has 2 atom stereocenters. The van der Waals surface area contributed by atoms with Gasteiger partial charge in [-0.05, 0) is 69.0 Å². The topological polar surface area (TPSA) is 90.2 Å². The zero-order chi connectivity index (χ0) is 28.6. The maximum Gasteiger partial charge on any atom is 0.303 e. The Morgan fingerprint density at radius 1 is 1.05 bits per heavy atom. The number of carbonyl (C=O) groups excluding carboxylic acids is 1. The second kappa shape index (κ2) is 11.2. The molecule has 0 radical (unpaired) electrons. The number of hydrogen-bond donors (Lipinski definition) is 1. The van der Waals surface area contributed by atoms with Crippen molar-refractivity contribution in [3.8, 4) is 17.2 Å². The van der Waals surface area contributed by atoms with E-state index in [1.807, 2.05) is 73.5 Å². The molecule has 1 aromatic heterocycles. The van der Waals surface area contributed by atoms with Gasteiger partial charge in [-0.15, -0.1) is 0 Å². The van der Waals surface area contributed by atoms with Crippen LogP contribution in [0.3, 0.4) is 0 Å². The molecule has 2 aliphatic heterocycles. The Kier molecular flexibility index (Phi) is 7.84. The first-order valence-corrected chi connectivity index (χ1v) is 13.9. The summed E-state index contributed by atoms with van der Waals surface area (Å²) in [7, 11) is 3.19. The largest absolute Gasteiger partial charge is 0.493 e. The fourth-order valence-electron chi connectivity index (χ4n) is 6.07. The number of likely N-dealkylation sites (tertiary alicyclic amines) is 1. The molecule has 1 amide bonds. The third-order valence-electron chi connectivity index (χ3n) is 8.14. The van der Waals surface area contributed by atoms with E-state index in [1.54, 1.807) is 14.2 Å². The molecule has 5 rings (SSSR count). The Balaban J connectivity index is 1.57. The number of rotatable bonds is 7. The van der Waals surface area contributed by atoms with E-state index in [9.17, 15) is 14.7 Å².